The van der Waals surface area contributed by atoms with Gasteiger partial charge in [-0.2, -0.15) is 0 Å². The zero-order valence-electron chi connectivity index (χ0n) is 12.1. The number of ketones is 1. The molecular weight excluding hydrogens is 372 g/mol. The molecule has 0 saturated carbocycles. The predicted molar refractivity (Wildman–Crippen MR) is 88.5 cm³/mol. The normalized spacial score (nSPS) is 10.2. The highest BCUT2D eigenvalue weighted by Gasteiger charge is 2.15. The van der Waals surface area contributed by atoms with Crippen LogP contribution in [0.4, 0.5) is 0 Å². The summed E-state index contributed by atoms with van der Waals surface area (Å²) in [5, 5.41) is 0.430. The third kappa shape index (κ3) is 3.93. The largest absolute Gasteiger partial charge is 0.497 e. The Hall–Kier alpha value is -1.72. The lowest BCUT2D eigenvalue weighted by molar-refractivity contribution is 0.0918. The lowest BCUT2D eigenvalue weighted by Crippen LogP contribution is -2.13. The summed E-state index contributed by atoms with van der Waals surface area (Å²) in [6, 6.07) is 10.2. The summed E-state index contributed by atoms with van der Waals surface area (Å²) in [6.45, 7) is -0.148. The summed E-state index contributed by atoms with van der Waals surface area (Å²) >= 11 is 9.36. The Kier molecular flexibility index (Phi) is 5.69. The summed E-state index contributed by atoms with van der Waals surface area (Å²) in [5.41, 5.74) is 0.398. The van der Waals surface area contributed by atoms with Crippen LogP contribution in [0, 0.1) is 0 Å². The zero-order chi connectivity index (χ0) is 16.1. The molecule has 0 N–H and O–H groups in total. The summed E-state index contributed by atoms with van der Waals surface area (Å²) < 4.78 is 16.6. The van der Waals surface area contributed by atoms with Crippen LogP contribution in [0.5, 0.6) is 17.2 Å². The molecule has 6 heteroatoms. The van der Waals surface area contributed by atoms with Gasteiger partial charge in [0.05, 0.1) is 24.8 Å². The van der Waals surface area contributed by atoms with E-state index in [1.54, 1.807) is 36.4 Å². The van der Waals surface area contributed by atoms with E-state index in [4.69, 9.17) is 25.8 Å². The van der Waals surface area contributed by atoms with Crippen molar-refractivity contribution < 1.29 is 19.0 Å². The van der Waals surface area contributed by atoms with Gasteiger partial charge in [-0.15, -0.1) is 0 Å². The van der Waals surface area contributed by atoms with Gasteiger partial charge in [0.25, 0.3) is 0 Å². The molecule has 0 saturated heterocycles. The molecule has 2 aromatic carbocycles. The maximum Gasteiger partial charge on any atom is 0.204 e. The smallest absolute Gasteiger partial charge is 0.204 e. The van der Waals surface area contributed by atoms with Gasteiger partial charge in [0.1, 0.15) is 17.2 Å². The second-order valence-electron chi connectivity index (χ2n) is 4.35. The average molecular weight is 386 g/mol. The average Bonchev–Trinajstić information content (AvgIpc) is 2.53. The fraction of sp³-hybridized carbons (Fsp3) is 0.188. The molecule has 2 rings (SSSR count). The number of benzene rings is 2. The van der Waals surface area contributed by atoms with Gasteiger partial charge in [0.2, 0.25) is 5.78 Å². The number of methoxy groups -OCH3 is 2. The van der Waals surface area contributed by atoms with Crippen molar-refractivity contribution in [3.8, 4) is 17.2 Å². The molecule has 0 fully saturated rings. The third-order valence-electron chi connectivity index (χ3n) is 2.96. The van der Waals surface area contributed by atoms with Crippen molar-refractivity contribution in [1.82, 2.24) is 0 Å². The van der Waals surface area contributed by atoms with Crippen LogP contribution in [-0.2, 0) is 0 Å². The molecule has 4 nitrogen and oxygen atoms in total. The number of rotatable bonds is 6. The van der Waals surface area contributed by atoms with Crippen molar-refractivity contribution in [2.75, 3.05) is 20.8 Å². The van der Waals surface area contributed by atoms with Crippen LogP contribution >= 0.6 is 27.5 Å². The van der Waals surface area contributed by atoms with Crippen molar-refractivity contribution in [3.05, 3.63) is 51.5 Å². The number of halogens is 2. The highest BCUT2D eigenvalue weighted by atomic mass is 79.9. The lowest BCUT2D eigenvalue weighted by atomic mass is 10.1. The minimum atomic E-state index is -0.227. The molecule has 0 aromatic heterocycles. The predicted octanol–water partition coefficient (Wildman–Crippen LogP) is 4.38. The van der Waals surface area contributed by atoms with Crippen molar-refractivity contribution in [3.63, 3.8) is 0 Å². The van der Waals surface area contributed by atoms with Crippen molar-refractivity contribution in [2.24, 2.45) is 0 Å². The number of carbonyl (C=O) groups excluding carboxylic acids is 1. The minimum Gasteiger partial charge on any atom is -0.497 e. The van der Waals surface area contributed by atoms with Crippen molar-refractivity contribution >= 4 is 33.3 Å². The summed E-state index contributed by atoms with van der Waals surface area (Å²) in [7, 11) is 3.04. The van der Waals surface area contributed by atoms with Gasteiger partial charge in [-0.1, -0.05) is 27.5 Å². The van der Waals surface area contributed by atoms with E-state index in [9.17, 15) is 4.79 Å². The zero-order valence-corrected chi connectivity index (χ0v) is 14.4. The molecule has 0 bridgehead atoms. The van der Waals surface area contributed by atoms with Crippen LogP contribution in [0.1, 0.15) is 10.4 Å². The maximum absolute atomic E-state index is 12.3. The van der Waals surface area contributed by atoms with Gasteiger partial charge in [0, 0.05) is 4.47 Å². The molecule has 0 atom stereocenters. The van der Waals surface area contributed by atoms with Gasteiger partial charge in [-0.3, -0.25) is 4.79 Å². The van der Waals surface area contributed by atoms with Gasteiger partial charge in [-0.25, -0.2) is 0 Å². The molecule has 0 heterocycles. The Morgan fingerprint density at radius 1 is 1.09 bits per heavy atom. The van der Waals surface area contributed by atoms with E-state index in [0.717, 1.165) is 4.47 Å². The van der Waals surface area contributed by atoms with Gasteiger partial charge in [-0.05, 0) is 36.4 Å². The van der Waals surface area contributed by atoms with Crippen LogP contribution in [0.25, 0.3) is 0 Å². The monoisotopic (exact) mass is 384 g/mol. The molecule has 2 aromatic rings. The first-order valence-electron chi connectivity index (χ1n) is 6.38. The Morgan fingerprint density at radius 2 is 1.82 bits per heavy atom. The quantitative estimate of drug-likeness (QED) is 0.692. The highest BCUT2D eigenvalue weighted by molar-refractivity contribution is 9.10. The van der Waals surface area contributed by atoms with E-state index in [1.807, 2.05) is 0 Å². The van der Waals surface area contributed by atoms with Crippen LogP contribution < -0.4 is 14.2 Å². The van der Waals surface area contributed by atoms with E-state index in [0.29, 0.717) is 27.8 Å². The number of hydrogen-bond donors (Lipinski definition) is 0. The molecule has 0 amide bonds. The SMILES string of the molecule is COc1ccc(OC)c(C(=O)COc2ccc(Br)cc2Cl)c1. The molecule has 22 heavy (non-hydrogen) atoms. The number of hydrogen-bond acceptors (Lipinski definition) is 4. The van der Waals surface area contributed by atoms with Crippen LogP contribution in [0.2, 0.25) is 5.02 Å². The first-order chi connectivity index (χ1) is 10.5. The van der Waals surface area contributed by atoms with Crippen LogP contribution in [-0.4, -0.2) is 26.6 Å². The molecule has 116 valence electrons. The number of carbonyl (C=O) groups is 1. The first kappa shape index (κ1) is 16.6. The minimum absolute atomic E-state index is 0.148. The second-order valence-corrected chi connectivity index (χ2v) is 5.68. The molecule has 0 spiro atoms. The van der Waals surface area contributed by atoms with E-state index in [1.165, 1.54) is 14.2 Å². The molecule has 0 radical (unpaired) electrons. The van der Waals surface area contributed by atoms with E-state index in [-0.39, 0.29) is 12.4 Å². The Morgan fingerprint density at radius 3 is 2.45 bits per heavy atom. The second kappa shape index (κ2) is 7.51. The van der Waals surface area contributed by atoms with Gasteiger partial charge < -0.3 is 14.2 Å². The first-order valence-corrected chi connectivity index (χ1v) is 7.55. The third-order valence-corrected chi connectivity index (χ3v) is 3.75. The molecule has 0 aliphatic rings. The molecule has 0 aliphatic carbocycles. The van der Waals surface area contributed by atoms with Gasteiger partial charge in [0.15, 0.2) is 6.61 Å². The summed E-state index contributed by atoms with van der Waals surface area (Å²) in [4.78, 5) is 12.3. The fourth-order valence-electron chi connectivity index (χ4n) is 1.85. The van der Waals surface area contributed by atoms with Crippen LogP contribution in [0.3, 0.4) is 0 Å². The number of Topliss-reactive ketones (excluding diaryl/α,β-unsaturated/α-hetero) is 1. The van der Waals surface area contributed by atoms with Crippen molar-refractivity contribution in [2.45, 2.75) is 0 Å². The molecular formula is C16H14BrClO4. The van der Waals surface area contributed by atoms with E-state index >= 15 is 0 Å². The Bertz CT molecular complexity index is 688. The summed E-state index contributed by atoms with van der Waals surface area (Å²) in [5.74, 6) is 1.26. The van der Waals surface area contributed by atoms with Crippen molar-refractivity contribution in [1.29, 1.82) is 0 Å². The topological polar surface area (TPSA) is 44.8 Å². The van der Waals surface area contributed by atoms with Gasteiger partial charge >= 0.3 is 0 Å². The fourth-order valence-corrected chi connectivity index (χ4v) is 2.57. The van der Waals surface area contributed by atoms with E-state index in [2.05, 4.69) is 15.9 Å². The van der Waals surface area contributed by atoms with E-state index < -0.39 is 0 Å². The lowest BCUT2D eigenvalue weighted by Gasteiger charge is -2.11. The Balaban J connectivity index is 2.15. The molecule has 0 aliphatic heterocycles. The van der Waals surface area contributed by atoms with Crippen LogP contribution in [0.15, 0.2) is 40.9 Å². The summed E-state index contributed by atoms with van der Waals surface area (Å²) in [6.07, 6.45) is 0. The number of ether oxygens (including phenoxy) is 3. The maximum atomic E-state index is 12.3. The molecule has 0 unspecified atom stereocenters. The Labute approximate surface area is 142 Å². The standard InChI is InChI=1S/C16H14BrClO4/c1-20-11-4-6-15(21-2)12(8-11)14(19)9-22-16-5-3-10(17)7-13(16)18/h3-8H,9H2,1-2H3. The highest BCUT2D eigenvalue weighted by Crippen LogP contribution is 2.29.